The molecule has 11 heteroatoms. The highest BCUT2D eigenvalue weighted by Crippen LogP contribution is 2.34. The van der Waals surface area contributed by atoms with Crippen LogP contribution in [0.15, 0.2) is 72.8 Å². The Morgan fingerprint density at radius 1 is 0.927 bits per heavy atom. The molecule has 0 heterocycles. The number of carbonyl (C=O) groups is 2. The summed E-state index contributed by atoms with van der Waals surface area (Å²) in [5, 5.41) is 2.88. The average Bonchev–Trinajstić information content (AvgIpc) is 2.93. The summed E-state index contributed by atoms with van der Waals surface area (Å²) < 4.78 is 51.3. The normalized spacial score (nSPS) is 12.0. The third kappa shape index (κ3) is 8.68. The van der Waals surface area contributed by atoms with Gasteiger partial charge in [-0.25, -0.2) is 12.8 Å². The minimum absolute atomic E-state index is 0.0605. The minimum atomic E-state index is -4.01. The number of nitrogens with zero attached hydrogens (tertiary/aromatic N) is 2. The zero-order chi connectivity index (χ0) is 30.2. The molecule has 3 rings (SSSR count). The largest absolute Gasteiger partial charge is 0.497 e. The molecular weight excluding hydrogens is 549 g/mol. The second-order valence-corrected chi connectivity index (χ2v) is 11.7. The van der Waals surface area contributed by atoms with Gasteiger partial charge in [-0.15, -0.1) is 0 Å². The predicted octanol–water partition coefficient (Wildman–Crippen LogP) is 3.77. The lowest BCUT2D eigenvalue weighted by Gasteiger charge is -2.34. The molecule has 41 heavy (non-hydrogen) atoms. The molecule has 0 aromatic heterocycles. The Bertz CT molecular complexity index is 1430. The fourth-order valence-corrected chi connectivity index (χ4v) is 5.15. The number of hydrogen-bond donors (Lipinski definition) is 1. The summed E-state index contributed by atoms with van der Waals surface area (Å²) in [5.74, 6) is -0.900. The molecule has 2 amide bonds. The molecule has 3 aromatic carbocycles. The standard InChI is InChI=1S/C30H36FN3O6S/c1-21(2)32-30(36)27(17-22-9-7-6-8-10-22)33(19-23-11-13-24(31)14-12-23)29(35)20-34(41(5,37)38)26-18-25(39-3)15-16-28(26)40-4/h6-16,18,21,27H,17,19-20H2,1-5H3,(H,32,36)/t27-/m0/s1. The Hall–Kier alpha value is -4.12. The molecule has 220 valence electrons. The van der Waals surface area contributed by atoms with Crippen LogP contribution >= 0.6 is 0 Å². The molecule has 0 unspecified atom stereocenters. The van der Waals surface area contributed by atoms with Crippen molar-refractivity contribution in [2.24, 2.45) is 0 Å². The summed E-state index contributed by atoms with van der Waals surface area (Å²) in [4.78, 5) is 29.0. The Kier molecular flexibility index (Phi) is 10.7. The summed E-state index contributed by atoms with van der Waals surface area (Å²) in [6.07, 6.45) is 1.16. The van der Waals surface area contributed by atoms with E-state index in [9.17, 15) is 22.4 Å². The summed E-state index contributed by atoms with van der Waals surface area (Å²) >= 11 is 0. The maximum absolute atomic E-state index is 14.1. The highest BCUT2D eigenvalue weighted by Gasteiger charge is 2.34. The molecule has 0 spiro atoms. The first-order valence-corrected chi connectivity index (χ1v) is 14.9. The molecule has 0 aliphatic carbocycles. The first kappa shape index (κ1) is 31.4. The smallest absolute Gasteiger partial charge is 0.244 e. The number of benzene rings is 3. The fraction of sp³-hybridized carbons (Fsp3) is 0.333. The van der Waals surface area contributed by atoms with E-state index in [2.05, 4.69) is 5.32 Å². The van der Waals surface area contributed by atoms with Gasteiger partial charge in [0, 0.05) is 25.1 Å². The summed E-state index contributed by atoms with van der Waals surface area (Å²) in [5.41, 5.74) is 1.48. The zero-order valence-corrected chi connectivity index (χ0v) is 24.7. The van der Waals surface area contributed by atoms with Crippen LogP contribution < -0.4 is 19.1 Å². The number of halogens is 1. The summed E-state index contributed by atoms with van der Waals surface area (Å²) in [7, 11) is -1.18. The number of anilines is 1. The monoisotopic (exact) mass is 585 g/mol. The van der Waals surface area contributed by atoms with Crippen LogP contribution in [0.4, 0.5) is 10.1 Å². The third-order valence-corrected chi connectivity index (χ3v) is 7.43. The highest BCUT2D eigenvalue weighted by molar-refractivity contribution is 7.92. The van der Waals surface area contributed by atoms with Crippen LogP contribution in [0.2, 0.25) is 0 Å². The summed E-state index contributed by atoms with van der Waals surface area (Å²) in [6.45, 7) is 2.94. The van der Waals surface area contributed by atoms with Gasteiger partial charge < -0.3 is 19.7 Å². The lowest BCUT2D eigenvalue weighted by atomic mass is 10.0. The van der Waals surface area contributed by atoms with Gasteiger partial charge in [0.2, 0.25) is 21.8 Å². The number of methoxy groups -OCH3 is 2. The first-order chi connectivity index (χ1) is 19.4. The van der Waals surface area contributed by atoms with Crippen molar-refractivity contribution in [3.05, 3.63) is 89.7 Å². The Morgan fingerprint density at radius 2 is 1.59 bits per heavy atom. The molecule has 1 N–H and O–H groups in total. The van der Waals surface area contributed by atoms with Crippen LogP contribution in [-0.4, -0.2) is 64.2 Å². The van der Waals surface area contributed by atoms with Gasteiger partial charge in [-0.1, -0.05) is 42.5 Å². The Balaban J connectivity index is 2.10. The fourth-order valence-electron chi connectivity index (χ4n) is 4.31. The van der Waals surface area contributed by atoms with Crippen LogP contribution in [0, 0.1) is 5.82 Å². The number of hydrogen-bond acceptors (Lipinski definition) is 6. The molecular formula is C30H36FN3O6S. The topological polar surface area (TPSA) is 105 Å². The van der Waals surface area contributed by atoms with E-state index in [1.54, 1.807) is 12.1 Å². The van der Waals surface area contributed by atoms with Crippen molar-refractivity contribution in [2.45, 2.75) is 38.9 Å². The van der Waals surface area contributed by atoms with Gasteiger partial charge in [-0.3, -0.25) is 13.9 Å². The van der Waals surface area contributed by atoms with Crippen LogP contribution in [-0.2, 0) is 32.6 Å². The molecule has 0 aliphatic rings. The van der Waals surface area contributed by atoms with Crippen LogP contribution in [0.5, 0.6) is 11.5 Å². The number of carbonyl (C=O) groups excluding carboxylic acids is 2. The maximum atomic E-state index is 14.1. The molecule has 0 radical (unpaired) electrons. The van der Waals surface area contributed by atoms with Crippen molar-refractivity contribution < 1.29 is 31.9 Å². The van der Waals surface area contributed by atoms with Crippen molar-refractivity contribution in [2.75, 3.05) is 31.3 Å². The number of amides is 2. The number of rotatable bonds is 13. The van der Waals surface area contributed by atoms with E-state index in [0.29, 0.717) is 11.3 Å². The quantitative estimate of drug-likeness (QED) is 0.328. The van der Waals surface area contributed by atoms with Crippen LogP contribution in [0.3, 0.4) is 0 Å². The predicted molar refractivity (Wildman–Crippen MR) is 156 cm³/mol. The molecule has 0 fully saturated rings. The number of nitrogens with one attached hydrogen (secondary N) is 1. The SMILES string of the molecule is COc1ccc(OC)c(N(CC(=O)N(Cc2ccc(F)cc2)[C@@H](Cc2ccccc2)C(=O)NC(C)C)S(C)(=O)=O)c1. The molecule has 0 saturated heterocycles. The molecule has 0 aliphatic heterocycles. The van der Waals surface area contributed by atoms with E-state index in [0.717, 1.165) is 16.1 Å². The van der Waals surface area contributed by atoms with Gasteiger partial charge in [-0.05, 0) is 49.2 Å². The molecule has 0 bridgehead atoms. The average molecular weight is 586 g/mol. The van der Waals surface area contributed by atoms with E-state index in [1.165, 1.54) is 49.5 Å². The van der Waals surface area contributed by atoms with Gasteiger partial charge in [0.05, 0.1) is 26.2 Å². The van der Waals surface area contributed by atoms with Crippen LogP contribution in [0.25, 0.3) is 0 Å². The highest BCUT2D eigenvalue weighted by atomic mass is 32.2. The van der Waals surface area contributed by atoms with E-state index < -0.39 is 40.2 Å². The lowest BCUT2D eigenvalue weighted by Crippen LogP contribution is -2.54. The van der Waals surface area contributed by atoms with Crippen molar-refractivity contribution in [1.82, 2.24) is 10.2 Å². The van der Waals surface area contributed by atoms with Crippen molar-refractivity contribution in [3.8, 4) is 11.5 Å². The van der Waals surface area contributed by atoms with Gasteiger partial charge >= 0.3 is 0 Å². The Morgan fingerprint density at radius 3 is 2.15 bits per heavy atom. The van der Waals surface area contributed by atoms with E-state index in [1.807, 2.05) is 44.2 Å². The number of sulfonamides is 1. The second-order valence-electron chi connectivity index (χ2n) is 9.82. The molecule has 0 saturated carbocycles. The van der Waals surface area contributed by atoms with E-state index >= 15 is 0 Å². The molecule has 9 nitrogen and oxygen atoms in total. The zero-order valence-electron chi connectivity index (χ0n) is 23.8. The Labute approximate surface area is 240 Å². The lowest BCUT2D eigenvalue weighted by molar-refractivity contribution is -0.140. The van der Waals surface area contributed by atoms with Gasteiger partial charge in [0.1, 0.15) is 29.9 Å². The van der Waals surface area contributed by atoms with Gasteiger partial charge in [0.15, 0.2) is 0 Å². The van der Waals surface area contributed by atoms with Crippen LogP contribution in [0.1, 0.15) is 25.0 Å². The molecule has 1 atom stereocenters. The van der Waals surface area contributed by atoms with Gasteiger partial charge in [0.25, 0.3) is 0 Å². The van der Waals surface area contributed by atoms with Crippen molar-refractivity contribution >= 4 is 27.5 Å². The minimum Gasteiger partial charge on any atom is -0.497 e. The van der Waals surface area contributed by atoms with Gasteiger partial charge in [-0.2, -0.15) is 0 Å². The maximum Gasteiger partial charge on any atom is 0.244 e. The van der Waals surface area contributed by atoms with Crippen molar-refractivity contribution in [3.63, 3.8) is 0 Å². The second kappa shape index (κ2) is 14.0. The third-order valence-electron chi connectivity index (χ3n) is 6.30. The first-order valence-electron chi connectivity index (χ1n) is 13.0. The van der Waals surface area contributed by atoms with E-state index in [-0.39, 0.29) is 30.4 Å². The molecule has 3 aromatic rings. The van der Waals surface area contributed by atoms with Crippen molar-refractivity contribution in [1.29, 1.82) is 0 Å². The number of ether oxygens (including phenoxy) is 2. The van der Waals surface area contributed by atoms with E-state index in [4.69, 9.17) is 9.47 Å². The summed E-state index contributed by atoms with van der Waals surface area (Å²) in [6, 6.07) is 18.2.